The molecule has 0 spiro atoms. The summed E-state index contributed by atoms with van der Waals surface area (Å²) in [6.45, 7) is 4.88. The van der Waals surface area contributed by atoms with Gasteiger partial charge in [-0.2, -0.15) is 9.97 Å². The van der Waals surface area contributed by atoms with Gasteiger partial charge in [0.2, 0.25) is 5.28 Å². The molecule has 0 amide bonds. The monoisotopic (exact) mass is 255 g/mol. The Morgan fingerprint density at radius 1 is 1.53 bits per heavy atom. The number of aromatic nitrogens is 4. The lowest BCUT2D eigenvalue weighted by Gasteiger charge is -2.10. The summed E-state index contributed by atoms with van der Waals surface area (Å²) < 4.78 is 1.93. The molecule has 0 aliphatic carbocycles. The fourth-order valence-corrected chi connectivity index (χ4v) is 1.73. The van der Waals surface area contributed by atoms with Crippen molar-refractivity contribution in [3.63, 3.8) is 0 Å². The molecule has 0 bridgehead atoms. The molecule has 2 aromatic heterocycles. The van der Waals surface area contributed by atoms with Gasteiger partial charge in [-0.05, 0) is 25.4 Å². The number of rotatable bonds is 4. The van der Waals surface area contributed by atoms with Crippen molar-refractivity contribution in [2.75, 3.05) is 11.9 Å². The van der Waals surface area contributed by atoms with Crippen LogP contribution in [0.4, 0.5) is 5.82 Å². The van der Waals surface area contributed by atoms with E-state index in [1.54, 1.807) is 13.3 Å². The molecule has 0 saturated heterocycles. The molecule has 1 unspecified atom stereocenters. The van der Waals surface area contributed by atoms with Crippen LogP contribution < -0.4 is 5.32 Å². The molecule has 2 N–H and O–H groups in total. The molecule has 0 aromatic carbocycles. The van der Waals surface area contributed by atoms with Gasteiger partial charge < -0.3 is 15.0 Å². The maximum absolute atomic E-state index is 9.27. The van der Waals surface area contributed by atoms with Gasteiger partial charge in [-0.1, -0.05) is 0 Å². The third-order valence-corrected chi connectivity index (χ3v) is 2.52. The van der Waals surface area contributed by atoms with Crippen molar-refractivity contribution in [1.82, 2.24) is 19.5 Å². The lowest BCUT2D eigenvalue weighted by Crippen LogP contribution is -2.17. The molecule has 0 radical (unpaired) electrons. The van der Waals surface area contributed by atoms with E-state index in [9.17, 15) is 5.11 Å². The predicted octanol–water partition coefficient (Wildman–Crippen LogP) is 1.29. The first-order chi connectivity index (χ1) is 8.11. The number of imidazole rings is 1. The van der Waals surface area contributed by atoms with E-state index in [-0.39, 0.29) is 5.28 Å². The van der Waals surface area contributed by atoms with Crippen molar-refractivity contribution in [3.8, 4) is 0 Å². The lowest BCUT2D eigenvalue weighted by atomic mass is 10.4. The summed E-state index contributed by atoms with van der Waals surface area (Å²) in [5.41, 5.74) is 1.36. The Balaban J connectivity index is 2.46. The molecule has 92 valence electrons. The molecular formula is C10H14ClN5O. The van der Waals surface area contributed by atoms with Gasteiger partial charge in [-0.15, -0.1) is 0 Å². The summed E-state index contributed by atoms with van der Waals surface area (Å²) in [4.78, 5) is 12.3. The number of aryl methyl sites for hydroxylation is 1. The summed E-state index contributed by atoms with van der Waals surface area (Å²) in [7, 11) is 0. The van der Waals surface area contributed by atoms with Crippen LogP contribution in [0.5, 0.6) is 0 Å². The molecule has 0 saturated carbocycles. The molecule has 2 aromatic rings. The Morgan fingerprint density at radius 2 is 2.29 bits per heavy atom. The van der Waals surface area contributed by atoms with Crippen molar-refractivity contribution < 1.29 is 5.11 Å². The maximum atomic E-state index is 9.27. The summed E-state index contributed by atoms with van der Waals surface area (Å²) in [5, 5.41) is 12.5. The third kappa shape index (κ3) is 2.48. The van der Waals surface area contributed by atoms with Crippen molar-refractivity contribution in [2.45, 2.75) is 26.5 Å². The van der Waals surface area contributed by atoms with Gasteiger partial charge in [0.05, 0.1) is 12.4 Å². The largest absolute Gasteiger partial charge is 0.392 e. The molecule has 0 aliphatic heterocycles. The van der Waals surface area contributed by atoms with Crippen LogP contribution in [-0.4, -0.2) is 37.3 Å². The highest BCUT2D eigenvalue weighted by atomic mass is 35.5. The van der Waals surface area contributed by atoms with Crippen LogP contribution in [0.3, 0.4) is 0 Å². The van der Waals surface area contributed by atoms with Crippen molar-refractivity contribution >= 4 is 28.6 Å². The lowest BCUT2D eigenvalue weighted by molar-refractivity contribution is 0.208. The number of aliphatic hydroxyl groups is 1. The smallest absolute Gasteiger partial charge is 0.226 e. The molecule has 1 atom stereocenters. The number of fused-ring (bicyclic) bond motifs is 1. The second-order valence-electron chi connectivity index (χ2n) is 3.77. The van der Waals surface area contributed by atoms with Crippen LogP contribution in [0, 0.1) is 0 Å². The molecule has 17 heavy (non-hydrogen) atoms. The number of nitrogens with one attached hydrogen (secondary N) is 1. The number of nitrogens with zero attached hydrogens (tertiary/aromatic N) is 4. The van der Waals surface area contributed by atoms with Crippen molar-refractivity contribution in [3.05, 3.63) is 11.6 Å². The van der Waals surface area contributed by atoms with Gasteiger partial charge >= 0.3 is 0 Å². The van der Waals surface area contributed by atoms with Crippen LogP contribution in [0.15, 0.2) is 6.33 Å². The second kappa shape index (κ2) is 4.85. The summed E-state index contributed by atoms with van der Waals surface area (Å²) >= 11 is 5.82. The number of anilines is 1. The van der Waals surface area contributed by atoms with Gasteiger partial charge in [0.1, 0.15) is 5.52 Å². The van der Waals surface area contributed by atoms with E-state index in [2.05, 4.69) is 20.3 Å². The van der Waals surface area contributed by atoms with Gasteiger partial charge in [0.15, 0.2) is 11.5 Å². The van der Waals surface area contributed by atoms with Gasteiger partial charge in [-0.25, -0.2) is 4.98 Å². The van der Waals surface area contributed by atoms with Crippen LogP contribution >= 0.6 is 11.6 Å². The van der Waals surface area contributed by atoms with E-state index >= 15 is 0 Å². The van der Waals surface area contributed by atoms with E-state index in [0.717, 1.165) is 12.1 Å². The highest BCUT2D eigenvalue weighted by molar-refractivity contribution is 6.28. The van der Waals surface area contributed by atoms with Gasteiger partial charge in [-0.3, -0.25) is 0 Å². The average Bonchev–Trinajstić information content (AvgIpc) is 2.68. The first-order valence-corrected chi connectivity index (χ1v) is 5.80. The minimum absolute atomic E-state index is 0.145. The summed E-state index contributed by atoms with van der Waals surface area (Å²) in [5.74, 6) is 0.597. The van der Waals surface area contributed by atoms with Crippen molar-refractivity contribution in [1.29, 1.82) is 0 Å². The zero-order chi connectivity index (χ0) is 12.4. The molecule has 0 aliphatic rings. The number of halogens is 1. The Bertz CT molecular complexity index is 525. The minimum Gasteiger partial charge on any atom is -0.392 e. The Hall–Kier alpha value is -1.40. The van der Waals surface area contributed by atoms with Crippen molar-refractivity contribution in [2.24, 2.45) is 0 Å². The zero-order valence-electron chi connectivity index (χ0n) is 9.68. The second-order valence-corrected chi connectivity index (χ2v) is 4.11. The fraction of sp³-hybridized carbons (Fsp3) is 0.500. The normalized spacial score (nSPS) is 12.9. The molecule has 0 fully saturated rings. The van der Waals surface area contributed by atoms with E-state index < -0.39 is 6.10 Å². The number of hydrogen-bond acceptors (Lipinski definition) is 5. The van der Waals surface area contributed by atoms with E-state index in [1.165, 1.54) is 0 Å². The van der Waals surface area contributed by atoms with Crippen LogP contribution in [0.25, 0.3) is 11.2 Å². The average molecular weight is 256 g/mol. The van der Waals surface area contributed by atoms with Gasteiger partial charge in [0.25, 0.3) is 0 Å². The first-order valence-electron chi connectivity index (χ1n) is 5.42. The third-order valence-electron chi connectivity index (χ3n) is 2.35. The molecular weight excluding hydrogens is 242 g/mol. The quantitative estimate of drug-likeness (QED) is 0.806. The van der Waals surface area contributed by atoms with E-state index in [0.29, 0.717) is 18.0 Å². The SMILES string of the molecule is CCn1cnc2nc(Cl)nc(NCC(C)O)c21. The van der Waals surface area contributed by atoms with Crippen LogP contribution in [0.2, 0.25) is 5.28 Å². The first kappa shape index (κ1) is 12.1. The minimum atomic E-state index is -0.461. The standard InChI is InChI=1S/C10H14ClN5O/c1-3-16-5-13-9-7(16)8(12-4-6(2)17)14-10(11)15-9/h5-6,17H,3-4H2,1-2H3,(H,12,14,15). The Kier molecular flexibility index (Phi) is 3.44. The molecule has 2 rings (SSSR count). The number of aliphatic hydroxyl groups excluding tert-OH is 1. The summed E-state index contributed by atoms with van der Waals surface area (Å²) in [6.07, 6.45) is 1.24. The van der Waals surface area contributed by atoms with E-state index in [1.807, 2.05) is 11.5 Å². The predicted molar refractivity (Wildman–Crippen MR) is 66.2 cm³/mol. The zero-order valence-corrected chi connectivity index (χ0v) is 10.4. The topological polar surface area (TPSA) is 75.9 Å². The van der Waals surface area contributed by atoms with Gasteiger partial charge in [0, 0.05) is 13.1 Å². The highest BCUT2D eigenvalue weighted by Gasteiger charge is 2.12. The molecule has 6 nitrogen and oxygen atoms in total. The van der Waals surface area contributed by atoms with Crippen LogP contribution in [-0.2, 0) is 6.54 Å². The Morgan fingerprint density at radius 3 is 2.94 bits per heavy atom. The Labute approximate surface area is 104 Å². The van der Waals surface area contributed by atoms with E-state index in [4.69, 9.17) is 11.6 Å². The summed E-state index contributed by atoms with van der Waals surface area (Å²) in [6, 6.07) is 0. The fourth-order valence-electron chi connectivity index (χ4n) is 1.56. The highest BCUT2D eigenvalue weighted by Crippen LogP contribution is 2.21. The van der Waals surface area contributed by atoms with Crippen LogP contribution in [0.1, 0.15) is 13.8 Å². The molecule has 2 heterocycles. The maximum Gasteiger partial charge on any atom is 0.226 e. The molecule has 7 heteroatoms. The number of hydrogen-bond donors (Lipinski definition) is 2.